The molecule has 0 heterocycles. The van der Waals surface area contributed by atoms with Crippen molar-refractivity contribution in [1.82, 2.24) is 0 Å². The van der Waals surface area contributed by atoms with E-state index in [0.29, 0.717) is 0 Å². The predicted molar refractivity (Wildman–Crippen MR) is 123 cm³/mol. The van der Waals surface area contributed by atoms with Crippen LogP contribution in [-0.2, 0) is 6.42 Å². The van der Waals surface area contributed by atoms with E-state index in [4.69, 9.17) is 4.74 Å². The Balaban J connectivity index is 1.55. The zero-order valence-electron chi connectivity index (χ0n) is 18.6. The van der Waals surface area contributed by atoms with Gasteiger partial charge in [0.25, 0.3) is 0 Å². The maximum Gasteiger partial charge on any atom is 0.119 e. The summed E-state index contributed by atoms with van der Waals surface area (Å²) in [5.74, 6) is 2.87. The first kappa shape index (κ1) is 23.0. The average molecular weight is 385 g/mol. The molecule has 0 radical (unpaired) electrons. The summed E-state index contributed by atoms with van der Waals surface area (Å²) in [5.41, 5.74) is 1.42. The van der Waals surface area contributed by atoms with Gasteiger partial charge in [-0.3, -0.25) is 0 Å². The van der Waals surface area contributed by atoms with Crippen molar-refractivity contribution in [1.29, 1.82) is 0 Å². The van der Waals surface area contributed by atoms with Crippen LogP contribution >= 0.6 is 0 Å². The Morgan fingerprint density at radius 1 is 0.857 bits per heavy atom. The lowest BCUT2D eigenvalue weighted by Crippen LogP contribution is -2.12. The molecule has 1 aliphatic carbocycles. The van der Waals surface area contributed by atoms with Gasteiger partial charge in [0.2, 0.25) is 0 Å². The van der Waals surface area contributed by atoms with Crippen molar-refractivity contribution in [3.63, 3.8) is 0 Å². The normalized spacial score (nSPS) is 19.9. The molecule has 0 atom stereocenters. The first-order valence-electron chi connectivity index (χ1n) is 12.2. The maximum absolute atomic E-state index is 5.88. The van der Waals surface area contributed by atoms with Crippen molar-refractivity contribution in [2.24, 2.45) is 11.8 Å². The first-order valence-corrected chi connectivity index (χ1v) is 12.2. The number of rotatable bonds is 14. The highest BCUT2D eigenvalue weighted by atomic mass is 16.5. The number of hydrogen-bond acceptors (Lipinski definition) is 1. The Morgan fingerprint density at radius 3 is 2.29 bits per heavy atom. The SMILES string of the molecule is CCCCCCCCOc1ccc(CCC=CC2CCC(CCC)CC2)cc1. The molecule has 1 fully saturated rings. The maximum atomic E-state index is 5.88. The fraction of sp³-hybridized carbons (Fsp3) is 0.704. The molecule has 158 valence electrons. The minimum Gasteiger partial charge on any atom is -0.494 e. The van der Waals surface area contributed by atoms with Gasteiger partial charge in [0, 0.05) is 0 Å². The van der Waals surface area contributed by atoms with Gasteiger partial charge in [-0.1, -0.05) is 83.1 Å². The molecular weight excluding hydrogens is 340 g/mol. The van der Waals surface area contributed by atoms with E-state index in [1.165, 1.54) is 82.6 Å². The fourth-order valence-electron chi connectivity index (χ4n) is 4.44. The van der Waals surface area contributed by atoms with Crippen molar-refractivity contribution in [3.8, 4) is 5.75 Å². The van der Waals surface area contributed by atoms with E-state index in [1.807, 2.05) is 0 Å². The first-order chi connectivity index (χ1) is 13.8. The third-order valence-electron chi connectivity index (χ3n) is 6.29. The van der Waals surface area contributed by atoms with Gasteiger partial charge in [0.05, 0.1) is 6.61 Å². The highest BCUT2D eigenvalue weighted by molar-refractivity contribution is 5.27. The molecule has 0 saturated heterocycles. The van der Waals surface area contributed by atoms with Gasteiger partial charge in [-0.15, -0.1) is 0 Å². The van der Waals surface area contributed by atoms with Crippen LogP contribution in [0.25, 0.3) is 0 Å². The predicted octanol–water partition coefficient (Wildman–Crippen LogP) is 8.52. The number of ether oxygens (including phenoxy) is 1. The van der Waals surface area contributed by atoms with Crippen LogP contribution in [0.5, 0.6) is 5.75 Å². The van der Waals surface area contributed by atoms with Crippen molar-refractivity contribution in [2.75, 3.05) is 6.61 Å². The van der Waals surface area contributed by atoms with Crippen LogP contribution in [0.3, 0.4) is 0 Å². The zero-order valence-corrected chi connectivity index (χ0v) is 18.6. The van der Waals surface area contributed by atoms with E-state index in [1.54, 1.807) is 0 Å². The molecule has 0 N–H and O–H groups in total. The molecule has 28 heavy (non-hydrogen) atoms. The summed E-state index contributed by atoms with van der Waals surface area (Å²) in [6, 6.07) is 8.76. The van der Waals surface area contributed by atoms with E-state index < -0.39 is 0 Å². The largest absolute Gasteiger partial charge is 0.494 e. The zero-order chi connectivity index (χ0) is 19.9. The fourth-order valence-corrected chi connectivity index (χ4v) is 4.44. The Labute approximate surface area is 175 Å². The van der Waals surface area contributed by atoms with E-state index in [-0.39, 0.29) is 0 Å². The van der Waals surface area contributed by atoms with Crippen molar-refractivity contribution >= 4 is 0 Å². The van der Waals surface area contributed by atoms with Crippen LogP contribution in [0.2, 0.25) is 0 Å². The molecule has 0 aliphatic heterocycles. The van der Waals surface area contributed by atoms with Crippen molar-refractivity contribution in [2.45, 2.75) is 104 Å². The van der Waals surface area contributed by atoms with Crippen LogP contribution < -0.4 is 4.74 Å². The third kappa shape index (κ3) is 9.80. The number of benzene rings is 1. The van der Waals surface area contributed by atoms with Crippen LogP contribution in [0, 0.1) is 11.8 Å². The lowest BCUT2D eigenvalue weighted by Gasteiger charge is -2.26. The second kappa shape index (κ2) is 14.7. The van der Waals surface area contributed by atoms with Gasteiger partial charge in [-0.05, 0) is 74.5 Å². The third-order valence-corrected chi connectivity index (χ3v) is 6.29. The molecule has 1 aliphatic rings. The molecule has 1 saturated carbocycles. The lowest BCUT2D eigenvalue weighted by atomic mass is 9.80. The lowest BCUT2D eigenvalue weighted by molar-refractivity contribution is 0.294. The number of unbranched alkanes of at least 4 members (excludes halogenated alkanes) is 5. The van der Waals surface area contributed by atoms with Gasteiger partial charge in [0.15, 0.2) is 0 Å². The van der Waals surface area contributed by atoms with Crippen LogP contribution in [-0.4, -0.2) is 6.61 Å². The summed E-state index contributed by atoms with van der Waals surface area (Å²) >= 11 is 0. The van der Waals surface area contributed by atoms with E-state index in [9.17, 15) is 0 Å². The standard InChI is InChI=1S/C27H44O/c1-3-5-6-7-8-11-23-28-27-21-19-26(20-22-27)14-10-9-13-25-17-15-24(12-4-2)16-18-25/h9,13,19-22,24-25H,3-8,10-12,14-18,23H2,1-2H3. The average Bonchev–Trinajstić information content (AvgIpc) is 2.73. The molecule has 2 rings (SSSR count). The van der Waals surface area contributed by atoms with Gasteiger partial charge in [-0.2, -0.15) is 0 Å². The molecule has 0 amide bonds. The number of allylic oxidation sites excluding steroid dienone is 2. The van der Waals surface area contributed by atoms with Crippen LogP contribution in [0.15, 0.2) is 36.4 Å². The summed E-state index contributed by atoms with van der Waals surface area (Å²) in [5, 5.41) is 0. The summed E-state index contributed by atoms with van der Waals surface area (Å²) in [7, 11) is 0. The quantitative estimate of drug-likeness (QED) is 0.231. The summed E-state index contributed by atoms with van der Waals surface area (Å²) < 4.78 is 5.88. The molecule has 1 aromatic rings. The highest BCUT2D eigenvalue weighted by Gasteiger charge is 2.18. The Kier molecular flexibility index (Phi) is 12.1. The molecule has 0 spiro atoms. The van der Waals surface area contributed by atoms with Gasteiger partial charge in [-0.25, -0.2) is 0 Å². The molecular formula is C27H44O. The van der Waals surface area contributed by atoms with Gasteiger partial charge in [0.1, 0.15) is 5.75 Å². The van der Waals surface area contributed by atoms with Gasteiger partial charge >= 0.3 is 0 Å². The van der Waals surface area contributed by atoms with Crippen molar-refractivity contribution < 1.29 is 4.74 Å². The molecule has 1 nitrogen and oxygen atoms in total. The minimum atomic E-state index is 0.839. The van der Waals surface area contributed by atoms with Crippen LogP contribution in [0.1, 0.15) is 103 Å². The Bertz CT molecular complexity index is 508. The van der Waals surface area contributed by atoms with E-state index in [0.717, 1.165) is 37.0 Å². The Hall–Kier alpha value is -1.24. The minimum absolute atomic E-state index is 0.839. The Morgan fingerprint density at radius 2 is 1.57 bits per heavy atom. The number of hydrogen-bond donors (Lipinski definition) is 0. The summed E-state index contributed by atoms with van der Waals surface area (Å²) in [4.78, 5) is 0. The molecule has 0 aromatic heterocycles. The molecule has 0 unspecified atom stereocenters. The topological polar surface area (TPSA) is 9.23 Å². The summed E-state index contributed by atoms with van der Waals surface area (Å²) in [6.45, 7) is 5.44. The highest BCUT2D eigenvalue weighted by Crippen LogP contribution is 2.32. The second-order valence-corrected chi connectivity index (χ2v) is 8.80. The van der Waals surface area contributed by atoms with Crippen molar-refractivity contribution in [3.05, 3.63) is 42.0 Å². The van der Waals surface area contributed by atoms with E-state index in [2.05, 4.69) is 50.3 Å². The molecule has 1 aromatic carbocycles. The van der Waals surface area contributed by atoms with Gasteiger partial charge < -0.3 is 4.74 Å². The molecule has 0 bridgehead atoms. The van der Waals surface area contributed by atoms with E-state index >= 15 is 0 Å². The smallest absolute Gasteiger partial charge is 0.119 e. The molecule has 1 heteroatoms. The summed E-state index contributed by atoms with van der Waals surface area (Å²) in [6.07, 6.45) is 23.6. The number of aryl methyl sites for hydroxylation is 1. The monoisotopic (exact) mass is 384 g/mol. The van der Waals surface area contributed by atoms with Crippen LogP contribution in [0.4, 0.5) is 0 Å². The second-order valence-electron chi connectivity index (χ2n) is 8.80.